The number of hydrogen-bond acceptors (Lipinski definition) is 3. The number of hydrogen-bond donors (Lipinski definition) is 1. The molecular formula is C23H17N3. The predicted octanol–water partition coefficient (Wildman–Crippen LogP) is 5.55. The molecule has 0 fully saturated rings. The lowest BCUT2D eigenvalue weighted by molar-refractivity contribution is 1.15. The Labute approximate surface area is 151 Å². The molecular weight excluding hydrogens is 318 g/mol. The van der Waals surface area contributed by atoms with Crippen LogP contribution in [0, 0.1) is 0 Å². The average Bonchev–Trinajstić information content (AvgIpc) is 2.71. The Morgan fingerprint density at radius 2 is 1.58 bits per heavy atom. The molecule has 0 atom stereocenters. The lowest BCUT2D eigenvalue weighted by atomic mass is 10.1. The highest BCUT2D eigenvalue weighted by Gasteiger charge is 2.05. The highest BCUT2D eigenvalue weighted by molar-refractivity contribution is 6.08. The van der Waals surface area contributed by atoms with Gasteiger partial charge in [-0.2, -0.15) is 0 Å². The lowest BCUT2D eigenvalue weighted by Crippen LogP contribution is -1.99. The van der Waals surface area contributed by atoms with Crippen molar-refractivity contribution in [3.05, 3.63) is 90.6 Å². The molecule has 0 aliphatic heterocycles. The minimum Gasteiger partial charge on any atom is -0.381 e. The second kappa shape index (κ2) is 6.12. The van der Waals surface area contributed by atoms with Crippen LogP contribution in [0.3, 0.4) is 0 Å². The molecule has 0 saturated carbocycles. The van der Waals surface area contributed by atoms with Gasteiger partial charge in [-0.1, -0.05) is 42.5 Å². The van der Waals surface area contributed by atoms with Gasteiger partial charge in [-0.3, -0.25) is 4.98 Å². The SMILES string of the molecule is c1ccc(CNc2ccc3cc4c(ccc5ncccc54)nc3c2)cc1. The molecule has 0 radical (unpaired) electrons. The number of pyridine rings is 2. The first-order valence-electron chi connectivity index (χ1n) is 8.73. The third kappa shape index (κ3) is 2.64. The van der Waals surface area contributed by atoms with Gasteiger partial charge in [-0.05, 0) is 42.0 Å². The zero-order valence-corrected chi connectivity index (χ0v) is 14.2. The normalized spacial score (nSPS) is 11.2. The van der Waals surface area contributed by atoms with Crippen molar-refractivity contribution in [1.29, 1.82) is 0 Å². The van der Waals surface area contributed by atoms with E-state index < -0.39 is 0 Å². The largest absolute Gasteiger partial charge is 0.381 e. The van der Waals surface area contributed by atoms with Gasteiger partial charge in [0, 0.05) is 34.6 Å². The van der Waals surface area contributed by atoms with Crippen LogP contribution in [-0.4, -0.2) is 9.97 Å². The molecule has 5 rings (SSSR count). The Balaban J connectivity index is 1.56. The molecule has 0 aliphatic rings. The first-order valence-corrected chi connectivity index (χ1v) is 8.73. The summed E-state index contributed by atoms with van der Waals surface area (Å²) in [7, 11) is 0. The van der Waals surface area contributed by atoms with E-state index in [1.807, 2.05) is 30.5 Å². The van der Waals surface area contributed by atoms with Gasteiger partial charge in [0.15, 0.2) is 0 Å². The van der Waals surface area contributed by atoms with E-state index in [-0.39, 0.29) is 0 Å². The second-order valence-electron chi connectivity index (χ2n) is 6.44. The molecule has 0 bridgehead atoms. The number of anilines is 1. The molecule has 0 unspecified atom stereocenters. The maximum absolute atomic E-state index is 4.88. The van der Waals surface area contributed by atoms with Crippen LogP contribution in [0.4, 0.5) is 5.69 Å². The van der Waals surface area contributed by atoms with E-state index in [2.05, 4.69) is 64.9 Å². The van der Waals surface area contributed by atoms with Crippen LogP contribution < -0.4 is 5.32 Å². The highest BCUT2D eigenvalue weighted by atomic mass is 14.9. The first-order chi connectivity index (χ1) is 12.9. The molecule has 5 aromatic rings. The van der Waals surface area contributed by atoms with Gasteiger partial charge in [0.2, 0.25) is 0 Å². The van der Waals surface area contributed by atoms with Crippen LogP contribution in [0.25, 0.3) is 32.7 Å². The van der Waals surface area contributed by atoms with Crippen LogP contribution in [0.5, 0.6) is 0 Å². The van der Waals surface area contributed by atoms with E-state index in [0.717, 1.165) is 44.9 Å². The Kier molecular flexibility index (Phi) is 3.49. The highest BCUT2D eigenvalue weighted by Crippen LogP contribution is 2.27. The van der Waals surface area contributed by atoms with Crippen molar-refractivity contribution in [2.75, 3.05) is 5.32 Å². The van der Waals surface area contributed by atoms with Gasteiger partial charge in [-0.15, -0.1) is 0 Å². The van der Waals surface area contributed by atoms with Crippen molar-refractivity contribution < 1.29 is 0 Å². The van der Waals surface area contributed by atoms with Gasteiger partial charge in [0.05, 0.1) is 16.6 Å². The number of benzene rings is 3. The van der Waals surface area contributed by atoms with Gasteiger partial charge in [-0.25, -0.2) is 4.98 Å². The van der Waals surface area contributed by atoms with E-state index in [4.69, 9.17) is 4.98 Å². The lowest BCUT2D eigenvalue weighted by Gasteiger charge is -2.09. The van der Waals surface area contributed by atoms with Gasteiger partial charge in [0.25, 0.3) is 0 Å². The first kappa shape index (κ1) is 14.8. The van der Waals surface area contributed by atoms with Gasteiger partial charge < -0.3 is 5.32 Å². The van der Waals surface area contributed by atoms with Crippen molar-refractivity contribution in [1.82, 2.24) is 9.97 Å². The summed E-state index contributed by atoms with van der Waals surface area (Å²) in [6.07, 6.45) is 1.83. The van der Waals surface area contributed by atoms with E-state index >= 15 is 0 Å². The van der Waals surface area contributed by atoms with Crippen LogP contribution >= 0.6 is 0 Å². The van der Waals surface area contributed by atoms with E-state index in [9.17, 15) is 0 Å². The monoisotopic (exact) mass is 335 g/mol. The van der Waals surface area contributed by atoms with Crippen molar-refractivity contribution >= 4 is 38.4 Å². The predicted molar refractivity (Wildman–Crippen MR) is 108 cm³/mol. The zero-order valence-electron chi connectivity index (χ0n) is 14.2. The summed E-state index contributed by atoms with van der Waals surface area (Å²) in [5, 5.41) is 6.91. The molecule has 0 spiro atoms. The summed E-state index contributed by atoms with van der Waals surface area (Å²) < 4.78 is 0. The standard InChI is InChI=1S/C23H17N3/c1-2-5-16(6-3-1)15-25-18-9-8-17-13-20-19-7-4-12-24-21(19)10-11-22(20)26-23(17)14-18/h1-14,25H,15H2. The smallest absolute Gasteiger partial charge is 0.0730 e. The third-order valence-corrected chi connectivity index (χ3v) is 4.71. The van der Waals surface area contributed by atoms with E-state index in [1.165, 1.54) is 5.56 Å². The van der Waals surface area contributed by atoms with E-state index in [0.29, 0.717) is 0 Å². The molecule has 0 amide bonds. The molecule has 3 aromatic carbocycles. The number of nitrogens with one attached hydrogen (secondary N) is 1. The number of fused-ring (bicyclic) bond motifs is 4. The molecule has 3 nitrogen and oxygen atoms in total. The minimum atomic E-state index is 0.802. The quantitative estimate of drug-likeness (QED) is 0.347. The topological polar surface area (TPSA) is 37.8 Å². The molecule has 26 heavy (non-hydrogen) atoms. The maximum atomic E-state index is 4.88. The average molecular weight is 335 g/mol. The van der Waals surface area contributed by atoms with Crippen LogP contribution in [0.15, 0.2) is 85.1 Å². The number of aromatic nitrogens is 2. The molecule has 2 aromatic heterocycles. The molecule has 124 valence electrons. The molecule has 3 heteroatoms. The number of nitrogens with zero attached hydrogens (tertiary/aromatic N) is 2. The van der Waals surface area contributed by atoms with Crippen molar-refractivity contribution in [2.45, 2.75) is 6.54 Å². The van der Waals surface area contributed by atoms with E-state index in [1.54, 1.807) is 0 Å². The van der Waals surface area contributed by atoms with Crippen molar-refractivity contribution in [2.24, 2.45) is 0 Å². The van der Waals surface area contributed by atoms with Crippen molar-refractivity contribution in [3.8, 4) is 0 Å². The summed E-state index contributed by atoms with van der Waals surface area (Å²) in [4.78, 5) is 9.32. The fourth-order valence-electron chi connectivity index (χ4n) is 3.37. The van der Waals surface area contributed by atoms with Crippen LogP contribution in [0.1, 0.15) is 5.56 Å². The van der Waals surface area contributed by atoms with Crippen LogP contribution in [-0.2, 0) is 6.54 Å². The van der Waals surface area contributed by atoms with Gasteiger partial charge in [0.1, 0.15) is 0 Å². The molecule has 0 saturated heterocycles. The summed E-state index contributed by atoms with van der Waals surface area (Å²) in [6, 6.07) is 27.1. The Morgan fingerprint density at radius 1 is 0.692 bits per heavy atom. The van der Waals surface area contributed by atoms with Gasteiger partial charge >= 0.3 is 0 Å². The summed E-state index contributed by atoms with van der Waals surface area (Å²) in [5.41, 5.74) is 5.34. The minimum absolute atomic E-state index is 0.802. The molecule has 1 N–H and O–H groups in total. The summed E-state index contributed by atoms with van der Waals surface area (Å²) in [5.74, 6) is 0. The third-order valence-electron chi connectivity index (χ3n) is 4.71. The summed E-state index contributed by atoms with van der Waals surface area (Å²) >= 11 is 0. The second-order valence-corrected chi connectivity index (χ2v) is 6.44. The Morgan fingerprint density at radius 3 is 2.50 bits per heavy atom. The van der Waals surface area contributed by atoms with Crippen molar-refractivity contribution in [3.63, 3.8) is 0 Å². The maximum Gasteiger partial charge on any atom is 0.0730 e. The van der Waals surface area contributed by atoms with Crippen LogP contribution in [0.2, 0.25) is 0 Å². The summed E-state index contributed by atoms with van der Waals surface area (Å²) in [6.45, 7) is 0.802. The molecule has 0 aliphatic carbocycles. The fourth-order valence-corrected chi connectivity index (χ4v) is 3.37. The zero-order chi connectivity index (χ0) is 17.3. The molecule has 2 heterocycles. The fraction of sp³-hybridized carbons (Fsp3) is 0.0435. The Bertz CT molecular complexity index is 1230. The number of rotatable bonds is 3. The Hall–Kier alpha value is -3.46.